The van der Waals surface area contributed by atoms with Gasteiger partial charge in [0.1, 0.15) is 0 Å². The summed E-state index contributed by atoms with van der Waals surface area (Å²) in [7, 11) is 1.54. The molecule has 0 saturated heterocycles. The lowest BCUT2D eigenvalue weighted by Gasteiger charge is -2.17. The number of aliphatic imine (C=N–C) groups is 1. The second-order valence-corrected chi connectivity index (χ2v) is 7.13. The molecule has 24 heavy (non-hydrogen) atoms. The van der Waals surface area contributed by atoms with Crippen molar-refractivity contribution in [2.75, 3.05) is 27.8 Å². The van der Waals surface area contributed by atoms with Gasteiger partial charge in [0.25, 0.3) is 0 Å². The lowest BCUT2D eigenvalue weighted by atomic mass is 10.1. The van der Waals surface area contributed by atoms with Crippen LogP contribution in [0.25, 0.3) is 0 Å². The predicted molar refractivity (Wildman–Crippen MR) is 108 cm³/mol. The van der Waals surface area contributed by atoms with Gasteiger partial charge in [-0.25, -0.2) is 13.1 Å². The minimum atomic E-state index is -3.24. The van der Waals surface area contributed by atoms with E-state index in [0.717, 1.165) is 11.1 Å². The van der Waals surface area contributed by atoms with Crippen LogP contribution >= 0.6 is 24.0 Å². The highest BCUT2D eigenvalue weighted by atomic mass is 127. The lowest BCUT2D eigenvalue weighted by molar-refractivity contribution is 0.179. The van der Waals surface area contributed by atoms with Gasteiger partial charge >= 0.3 is 0 Å². The lowest BCUT2D eigenvalue weighted by Crippen LogP contribution is -2.43. The van der Waals surface area contributed by atoms with Crippen LogP contribution in [0.4, 0.5) is 0 Å². The molecule has 0 amide bonds. The average Bonchev–Trinajstić information content (AvgIpc) is 2.52. The molecule has 0 heterocycles. The van der Waals surface area contributed by atoms with Crippen molar-refractivity contribution in [3.05, 3.63) is 35.4 Å². The van der Waals surface area contributed by atoms with Gasteiger partial charge in [0.15, 0.2) is 5.96 Å². The van der Waals surface area contributed by atoms with E-state index in [1.807, 2.05) is 31.2 Å². The van der Waals surface area contributed by atoms with Gasteiger partial charge in [-0.15, -0.1) is 24.0 Å². The monoisotopic (exact) mass is 470 g/mol. The Morgan fingerprint density at radius 1 is 1.25 bits per heavy atom. The Morgan fingerprint density at radius 2 is 1.83 bits per heavy atom. The molecular weight excluding hydrogens is 443 g/mol. The summed E-state index contributed by atoms with van der Waals surface area (Å²) in [6.07, 6.45) is 0. The summed E-state index contributed by atoms with van der Waals surface area (Å²) in [5, 5.41) is 6.42. The van der Waals surface area contributed by atoms with Gasteiger partial charge in [-0.2, -0.15) is 0 Å². The number of rotatable bonds is 8. The highest BCUT2D eigenvalue weighted by molar-refractivity contribution is 14.0. The van der Waals surface area contributed by atoms with Crippen molar-refractivity contribution in [2.24, 2.45) is 4.99 Å². The number of hydrogen-bond donors (Lipinski definition) is 3. The van der Waals surface area contributed by atoms with Crippen LogP contribution in [0.15, 0.2) is 29.3 Å². The predicted octanol–water partition coefficient (Wildman–Crippen LogP) is 1.05. The first-order valence-corrected chi connectivity index (χ1v) is 9.00. The summed E-state index contributed by atoms with van der Waals surface area (Å²) in [4.78, 5) is 4.15. The van der Waals surface area contributed by atoms with Crippen LogP contribution in [0.2, 0.25) is 0 Å². The van der Waals surface area contributed by atoms with E-state index in [1.165, 1.54) is 7.05 Å². The summed E-state index contributed by atoms with van der Waals surface area (Å²) in [5.41, 5.74) is 1.79. The number of nitrogens with zero attached hydrogens (tertiary/aromatic N) is 1. The number of ether oxygens (including phenoxy) is 1. The molecule has 0 aromatic heterocycles. The smallest absolute Gasteiger partial charge is 0.215 e. The Hall–Kier alpha value is -0.910. The van der Waals surface area contributed by atoms with E-state index >= 15 is 0 Å². The van der Waals surface area contributed by atoms with Crippen LogP contribution in [0, 0.1) is 0 Å². The minimum absolute atomic E-state index is 0. The van der Waals surface area contributed by atoms with E-state index in [-0.39, 0.29) is 35.8 Å². The number of halogens is 1. The number of hydrogen-bond acceptors (Lipinski definition) is 4. The van der Waals surface area contributed by atoms with Gasteiger partial charge in [-0.3, -0.25) is 4.99 Å². The topological polar surface area (TPSA) is 91.8 Å². The Morgan fingerprint density at radius 3 is 2.33 bits per heavy atom. The summed E-state index contributed by atoms with van der Waals surface area (Å²) in [5.74, 6) is 0.672. The maximum absolute atomic E-state index is 11.5. The fraction of sp³-hybridized carbons (Fsp3) is 0.533. The van der Waals surface area contributed by atoms with Crippen LogP contribution in [-0.4, -0.2) is 48.2 Å². The van der Waals surface area contributed by atoms with Crippen LogP contribution in [0.1, 0.15) is 18.1 Å². The van der Waals surface area contributed by atoms with Crippen molar-refractivity contribution >= 4 is 40.0 Å². The molecule has 1 aromatic carbocycles. The zero-order valence-corrected chi connectivity index (χ0v) is 17.6. The van der Waals surface area contributed by atoms with Crippen LogP contribution in [-0.2, 0) is 27.1 Å². The third-order valence-electron chi connectivity index (χ3n) is 3.17. The standard InChI is InChI=1S/C15H26N4O3S.HI/c1-12(10-22-4)19-15(16-2)18-9-13-5-7-14(8-6-13)11-23(20,21)17-3;/h5-8,12,17H,9-11H2,1-4H3,(H2,16,18,19);1H. The molecule has 7 nitrogen and oxygen atoms in total. The van der Waals surface area contributed by atoms with E-state index < -0.39 is 10.0 Å². The summed E-state index contributed by atoms with van der Waals surface area (Å²) >= 11 is 0. The molecule has 0 aliphatic carbocycles. The molecule has 138 valence electrons. The van der Waals surface area contributed by atoms with Crippen LogP contribution in [0.5, 0.6) is 0 Å². The molecule has 0 spiro atoms. The van der Waals surface area contributed by atoms with Crippen molar-refractivity contribution < 1.29 is 13.2 Å². The van der Waals surface area contributed by atoms with Crippen molar-refractivity contribution in [1.82, 2.24) is 15.4 Å². The molecule has 3 N–H and O–H groups in total. The molecule has 0 bridgehead atoms. The second-order valence-electron chi connectivity index (χ2n) is 5.21. The number of methoxy groups -OCH3 is 1. The van der Waals surface area contributed by atoms with E-state index in [0.29, 0.717) is 19.1 Å². The van der Waals surface area contributed by atoms with Crippen molar-refractivity contribution in [1.29, 1.82) is 0 Å². The third kappa shape index (κ3) is 8.81. The molecule has 0 fully saturated rings. The van der Waals surface area contributed by atoms with E-state index in [4.69, 9.17) is 4.74 Å². The summed E-state index contributed by atoms with van der Waals surface area (Å²) < 4.78 is 30.4. The average molecular weight is 470 g/mol. The molecular formula is C15H27IN4O3S. The Kier molecular flexibility index (Phi) is 11.2. The van der Waals surface area contributed by atoms with E-state index in [2.05, 4.69) is 20.3 Å². The summed E-state index contributed by atoms with van der Waals surface area (Å²) in [6.45, 7) is 3.20. The minimum Gasteiger partial charge on any atom is -0.383 e. The molecule has 0 saturated carbocycles. The van der Waals surface area contributed by atoms with Crippen molar-refractivity contribution in [3.63, 3.8) is 0 Å². The van der Waals surface area contributed by atoms with Gasteiger partial charge in [-0.05, 0) is 25.1 Å². The largest absolute Gasteiger partial charge is 0.383 e. The zero-order chi connectivity index (χ0) is 17.3. The first kappa shape index (κ1) is 23.1. The normalized spacial score (nSPS) is 13.1. The Bertz CT molecular complexity index is 606. The van der Waals surface area contributed by atoms with E-state index in [1.54, 1.807) is 14.2 Å². The number of guanidine groups is 1. The third-order valence-corrected chi connectivity index (χ3v) is 4.51. The Balaban J connectivity index is 0.00000529. The molecule has 1 rings (SSSR count). The summed E-state index contributed by atoms with van der Waals surface area (Å²) in [6, 6.07) is 7.59. The van der Waals surface area contributed by atoms with Gasteiger partial charge in [0, 0.05) is 26.7 Å². The highest BCUT2D eigenvalue weighted by Gasteiger charge is 2.08. The molecule has 1 unspecified atom stereocenters. The zero-order valence-electron chi connectivity index (χ0n) is 14.5. The van der Waals surface area contributed by atoms with Crippen LogP contribution < -0.4 is 15.4 Å². The molecule has 0 aliphatic rings. The van der Waals surface area contributed by atoms with Gasteiger partial charge in [0.2, 0.25) is 10.0 Å². The van der Waals surface area contributed by atoms with Crippen LogP contribution in [0.3, 0.4) is 0 Å². The van der Waals surface area contributed by atoms with E-state index in [9.17, 15) is 8.42 Å². The maximum atomic E-state index is 11.5. The SMILES string of the molecule is CN=C(NCc1ccc(CS(=O)(=O)NC)cc1)NC(C)COC.I. The van der Waals surface area contributed by atoms with Gasteiger partial charge in [0.05, 0.1) is 12.4 Å². The molecule has 9 heteroatoms. The number of benzene rings is 1. The van der Waals surface area contributed by atoms with Gasteiger partial charge < -0.3 is 15.4 Å². The fourth-order valence-corrected chi connectivity index (χ4v) is 2.73. The van der Waals surface area contributed by atoms with Crippen molar-refractivity contribution in [3.8, 4) is 0 Å². The highest BCUT2D eigenvalue weighted by Crippen LogP contribution is 2.07. The maximum Gasteiger partial charge on any atom is 0.215 e. The second kappa shape index (κ2) is 11.6. The quantitative estimate of drug-likeness (QED) is 0.300. The number of nitrogens with one attached hydrogen (secondary N) is 3. The first-order valence-electron chi connectivity index (χ1n) is 7.35. The van der Waals surface area contributed by atoms with Crippen molar-refractivity contribution in [2.45, 2.75) is 25.3 Å². The fourth-order valence-electron chi connectivity index (χ4n) is 1.95. The van der Waals surface area contributed by atoms with Gasteiger partial charge in [-0.1, -0.05) is 24.3 Å². The molecule has 1 aromatic rings. The first-order chi connectivity index (χ1) is 10.9. The Labute approximate surface area is 161 Å². The number of sulfonamides is 1. The molecule has 0 radical (unpaired) electrons. The molecule has 1 atom stereocenters. The molecule has 0 aliphatic heterocycles.